The van der Waals surface area contributed by atoms with Gasteiger partial charge in [0, 0.05) is 5.56 Å². The topological polar surface area (TPSA) is 83.9 Å². The SMILES string of the molecule is O=C(O)C1CCC(CN2C(=O)Cc3ccccc3C2=O)O1. The zero-order chi connectivity index (χ0) is 15.0. The maximum absolute atomic E-state index is 12.4. The molecule has 3 rings (SSSR count). The van der Waals surface area contributed by atoms with Gasteiger partial charge in [-0.1, -0.05) is 18.2 Å². The first-order chi connectivity index (χ1) is 10.1. The summed E-state index contributed by atoms with van der Waals surface area (Å²) in [5.41, 5.74) is 1.27. The van der Waals surface area contributed by atoms with Gasteiger partial charge in [-0.2, -0.15) is 0 Å². The molecule has 2 aliphatic rings. The molecule has 1 aromatic carbocycles. The summed E-state index contributed by atoms with van der Waals surface area (Å²) in [5.74, 6) is -1.59. The number of amides is 2. The molecule has 1 fully saturated rings. The van der Waals surface area contributed by atoms with Crippen molar-refractivity contribution in [3.8, 4) is 0 Å². The van der Waals surface area contributed by atoms with Crippen LogP contribution in [0.25, 0.3) is 0 Å². The minimum atomic E-state index is -1.00. The first-order valence-electron chi connectivity index (χ1n) is 6.87. The van der Waals surface area contributed by atoms with Gasteiger partial charge in [0.1, 0.15) is 0 Å². The molecule has 1 N–H and O–H groups in total. The number of imide groups is 1. The number of hydrogen-bond donors (Lipinski definition) is 1. The fraction of sp³-hybridized carbons (Fsp3) is 0.400. The zero-order valence-corrected chi connectivity index (χ0v) is 11.3. The van der Waals surface area contributed by atoms with Crippen molar-refractivity contribution < 1.29 is 24.2 Å². The molecule has 110 valence electrons. The third-order valence-corrected chi connectivity index (χ3v) is 3.90. The number of carbonyl (C=O) groups excluding carboxylic acids is 2. The summed E-state index contributed by atoms with van der Waals surface area (Å²) < 4.78 is 5.36. The van der Waals surface area contributed by atoms with Crippen LogP contribution in [0.2, 0.25) is 0 Å². The van der Waals surface area contributed by atoms with E-state index in [0.29, 0.717) is 18.4 Å². The minimum absolute atomic E-state index is 0.121. The van der Waals surface area contributed by atoms with Gasteiger partial charge in [0.2, 0.25) is 5.91 Å². The van der Waals surface area contributed by atoms with Gasteiger partial charge in [-0.15, -0.1) is 0 Å². The number of carboxylic acid groups (broad SMARTS) is 1. The number of nitrogens with zero attached hydrogens (tertiary/aromatic N) is 1. The van der Waals surface area contributed by atoms with Gasteiger partial charge >= 0.3 is 5.97 Å². The normalized spacial score (nSPS) is 25.0. The molecule has 2 unspecified atom stereocenters. The number of fused-ring (bicyclic) bond motifs is 1. The van der Waals surface area contributed by atoms with Gasteiger partial charge in [0.15, 0.2) is 6.10 Å². The maximum Gasteiger partial charge on any atom is 0.332 e. The van der Waals surface area contributed by atoms with Gasteiger partial charge in [-0.25, -0.2) is 4.79 Å². The van der Waals surface area contributed by atoms with E-state index in [1.165, 1.54) is 4.90 Å². The average molecular weight is 289 g/mol. The molecular weight excluding hydrogens is 274 g/mol. The van der Waals surface area contributed by atoms with Crippen molar-refractivity contribution in [3.05, 3.63) is 35.4 Å². The lowest BCUT2D eigenvalue weighted by molar-refractivity contribution is -0.149. The predicted octanol–water partition coefficient (Wildman–Crippen LogP) is 0.844. The molecule has 0 aliphatic carbocycles. The van der Waals surface area contributed by atoms with Crippen molar-refractivity contribution in [1.82, 2.24) is 4.90 Å². The largest absolute Gasteiger partial charge is 0.479 e. The van der Waals surface area contributed by atoms with E-state index in [9.17, 15) is 14.4 Å². The highest BCUT2D eigenvalue weighted by Gasteiger charge is 2.36. The summed E-state index contributed by atoms with van der Waals surface area (Å²) >= 11 is 0. The van der Waals surface area contributed by atoms with Crippen LogP contribution < -0.4 is 0 Å². The van der Waals surface area contributed by atoms with Crippen molar-refractivity contribution in [3.63, 3.8) is 0 Å². The van der Waals surface area contributed by atoms with Crippen LogP contribution in [0.4, 0.5) is 0 Å². The molecule has 1 saturated heterocycles. The Morgan fingerprint density at radius 1 is 1.29 bits per heavy atom. The Balaban J connectivity index is 1.74. The van der Waals surface area contributed by atoms with Crippen molar-refractivity contribution in [1.29, 1.82) is 0 Å². The van der Waals surface area contributed by atoms with E-state index < -0.39 is 18.2 Å². The van der Waals surface area contributed by atoms with Gasteiger partial charge < -0.3 is 9.84 Å². The highest BCUT2D eigenvalue weighted by molar-refractivity contribution is 6.09. The van der Waals surface area contributed by atoms with Crippen molar-refractivity contribution >= 4 is 17.8 Å². The summed E-state index contributed by atoms with van der Waals surface area (Å²) in [6.45, 7) is 0.121. The third-order valence-electron chi connectivity index (χ3n) is 3.90. The molecule has 2 heterocycles. The summed E-state index contributed by atoms with van der Waals surface area (Å²) in [5, 5.41) is 8.90. The second-order valence-electron chi connectivity index (χ2n) is 5.31. The molecule has 6 heteroatoms. The molecule has 0 aromatic heterocycles. The van der Waals surface area contributed by atoms with Crippen LogP contribution >= 0.6 is 0 Å². The Labute approximate surface area is 121 Å². The Bertz CT molecular complexity index is 612. The monoisotopic (exact) mass is 289 g/mol. The highest BCUT2D eigenvalue weighted by atomic mass is 16.5. The van der Waals surface area contributed by atoms with Crippen LogP contribution in [0.3, 0.4) is 0 Å². The number of hydrogen-bond acceptors (Lipinski definition) is 4. The molecular formula is C15H15NO5. The number of benzene rings is 1. The van der Waals surface area contributed by atoms with Gasteiger partial charge in [0.05, 0.1) is 19.1 Å². The average Bonchev–Trinajstić information content (AvgIpc) is 2.92. The molecule has 2 aliphatic heterocycles. The number of carboxylic acids is 1. The van der Waals surface area contributed by atoms with E-state index in [2.05, 4.69) is 0 Å². The number of ether oxygens (including phenoxy) is 1. The molecule has 2 amide bonds. The number of carbonyl (C=O) groups is 3. The van der Waals surface area contributed by atoms with E-state index in [-0.39, 0.29) is 24.8 Å². The number of aliphatic carboxylic acids is 1. The molecule has 1 aromatic rings. The standard InChI is InChI=1S/C15H15NO5/c17-13-7-9-3-1-2-4-11(9)14(18)16(13)8-10-5-6-12(21-10)15(19)20/h1-4,10,12H,5-8H2,(H,19,20). The first-order valence-corrected chi connectivity index (χ1v) is 6.87. The van der Waals surface area contributed by atoms with Crippen LogP contribution in [0.1, 0.15) is 28.8 Å². The lowest BCUT2D eigenvalue weighted by Crippen LogP contribution is -2.46. The Morgan fingerprint density at radius 3 is 2.76 bits per heavy atom. The van der Waals surface area contributed by atoms with Crippen LogP contribution in [-0.2, 0) is 20.7 Å². The smallest absolute Gasteiger partial charge is 0.332 e. The molecule has 21 heavy (non-hydrogen) atoms. The zero-order valence-electron chi connectivity index (χ0n) is 11.3. The van der Waals surface area contributed by atoms with Gasteiger partial charge in [0.25, 0.3) is 5.91 Å². The van der Waals surface area contributed by atoms with Crippen molar-refractivity contribution in [2.75, 3.05) is 6.54 Å². The maximum atomic E-state index is 12.4. The summed E-state index contributed by atoms with van der Waals surface area (Å²) in [4.78, 5) is 36.5. The fourth-order valence-corrected chi connectivity index (χ4v) is 2.81. The van der Waals surface area contributed by atoms with E-state index in [0.717, 1.165) is 5.56 Å². The fourth-order valence-electron chi connectivity index (χ4n) is 2.81. The van der Waals surface area contributed by atoms with Crippen LogP contribution in [0.5, 0.6) is 0 Å². The van der Waals surface area contributed by atoms with Crippen molar-refractivity contribution in [2.45, 2.75) is 31.5 Å². The van der Waals surface area contributed by atoms with Gasteiger partial charge in [-0.05, 0) is 24.5 Å². The quantitative estimate of drug-likeness (QED) is 0.834. The molecule has 0 radical (unpaired) electrons. The second-order valence-corrected chi connectivity index (χ2v) is 5.31. The number of rotatable bonds is 3. The predicted molar refractivity (Wildman–Crippen MR) is 71.7 cm³/mol. The first kappa shape index (κ1) is 13.8. The van der Waals surface area contributed by atoms with E-state index in [4.69, 9.17) is 9.84 Å². The summed E-state index contributed by atoms with van der Waals surface area (Å²) in [6.07, 6.45) is -0.0963. The minimum Gasteiger partial charge on any atom is -0.479 e. The van der Waals surface area contributed by atoms with Crippen LogP contribution in [-0.4, -0.2) is 46.5 Å². The van der Waals surface area contributed by atoms with E-state index >= 15 is 0 Å². The molecule has 0 bridgehead atoms. The van der Waals surface area contributed by atoms with E-state index in [1.807, 2.05) is 0 Å². The third kappa shape index (κ3) is 2.54. The molecule has 0 spiro atoms. The Morgan fingerprint density at radius 2 is 2.05 bits per heavy atom. The van der Waals surface area contributed by atoms with Crippen LogP contribution in [0, 0.1) is 0 Å². The lowest BCUT2D eigenvalue weighted by Gasteiger charge is -2.28. The molecule has 2 atom stereocenters. The Kier molecular flexibility index (Phi) is 3.47. The van der Waals surface area contributed by atoms with Gasteiger partial charge in [-0.3, -0.25) is 14.5 Å². The second kappa shape index (κ2) is 5.29. The summed E-state index contributed by atoms with van der Waals surface area (Å²) in [7, 11) is 0. The van der Waals surface area contributed by atoms with E-state index in [1.54, 1.807) is 24.3 Å². The summed E-state index contributed by atoms with van der Waals surface area (Å²) in [6, 6.07) is 7.03. The lowest BCUT2D eigenvalue weighted by atomic mass is 9.98. The Hall–Kier alpha value is -2.21. The highest BCUT2D eigenvalue weighted by Crippen LogP contribution is 2.24. The van der Waals surface area contributed by atoms with Crippen LogP contribution in [0.15, 0.2) is 24.3 Å². The molecule has 6 nitrogen and oxygen atoms in total. The van der Waals surface area contributed by atoms with Crippen molar-refractivity contribution in [2.24, 2.45) is 0 Å². The molecule has 0 saturated carbocycles.